The topological polar surface area (TPSA) is 75.7 Å². The average Bonchev–Trinajstić information content (AvgIpc) is 3.89. The Morgan fingerprint density at radius 2 is 1.51 bits per heavy atom. The fraction of sp³-hybridized carbons (Fsp3) is 0.432. The molecular weight excluding hydrogens is 607 g/mol. The Balaban J connectivity index is 1.08. The number of aryl methyl sites for hydroxylation is 1. The molecule has 1 N–H and O–H groups in total. The lowest BCUT2D eigenvalue weighted by molar-refractivity contribution is -0.133. The molecule has 8 heteroatoms. The van der Waals surface area contributed by atoms with Crippen molar-refractivity contribution in [2.45, 2.75) is 76.9 Å². The van der Waals surface area contributed by atoms with Gasteiger partial charge >= 0.3 is 0 Å². The van der Waals surface area contributed by atoms with Gasteiger partial charge in [0, 0.05) is 32.4 Å². The number of rotatable bonds is 15. The van der Waals surface area contributed by atoms with E-state index in [2.05, 4.69) is 5.32 Å². The van der Waals surface area contributed by atoms with Crippen LogP contribution in [0, 0.1) is 11.8 Å². The summed E-state index contributed by atoms with van der Waals surface area (Å²) < 4.78 is 5.91. The number of likely N-dealkylation sites (tertiary alicyclic amines) is 1. The number of amides is 2. The highest BCUT2D eigenvalue weighted by Gasteiger charge is 2.28. The number of piperidine rings is 1. The van der Waals surface area contributed by atoms with Crippen LogP contribution < -0.4 is 10.1 Å². The second-order valence-corrected chi connectivity index (χ2v) is 13.3. The lowest BCUT2D eigenvalue weighted by atomic mass is 9.92. The molecule has 1 atom stereocenters. The van der Waals surface area contributed by atoms with Crippen LogP contribution in [0.2, 0.25) is 10.0 Å². The zero-order chi connectivity index (χ0) is 31.6. The second kappa shape index (κ2) is 16.3. The molecule has 45 heavy (non-hydrogen) atoms. The van der Waals surface area contributed by atoms with E-state index in [9.17, 15) is 14.4 Å². The van der Waals surface area contributed by atoms with Crippen molar-refractivity contribution in [1.29, 1.82) is 0 Å². The van der Waals surface area contributed by atoms with Crippen molar-refractivity contribution in [2.75, 3.05) is 13.1 Å². The van der Waals surface area contributed by atoms with Crippen molar-refractivity contribution < 1.29 is 19.1 Å². The number of ketones is 1. The molecular formula is C37H42Cl2N2O4. The maximum Gasteiger partial charge on any atom is 0.222 e. The molecule has 2 fully saturated rings. The fourth-order valence-electron chi connectivity index (χ4n) is 5.88. The van der Waals surface area contributed by atoms with Crippen molar-refractivity contribution in [3.63, 3.8) is 0 Å². The molecule has 0 bridgehead atoms. The summed E-state index contributed by atoms with van der Waals surface area (Å²) in [5.74, 6) is 1.73. The van der Waals surface area contributed by atoms with E-state index in [1.807, 2.05) is 71.6 Å². The number of Topliss-reactive ketones (excluding diaryl/α,β-unsaturated/α-hetero) is 1. The number of hydrogen-bond acceptors (Lipinski definition) is 4. The molecule has 1 saturated heterocycles. The molecule has 1 aliphatic carbocycles. The molecule has 0 spiro atoms. The molecule has 0 radical (unpaired) electrons. The molecule has 2 aliphatic rings. The van der Waals surface area contributed by atoms with Gasteiger partial charge in [-0.05, 0) is 84.9 Å². The summed E-state index contributed by atoms with van der Waals surface area (Å²) in [6.45, 7) is 1.77. The van der Waals surface area contributed by atoms with Gasteiger partial charge in [-0.1, -0.05) is 84.6 Å². The number of halogens is 2. The molecule has 1 aliphatic heterocycles. The summed E-state index contributed by atoms with van der Waals surface area (Å²) in [6.07, 6.45) is 7.19. The van der Waals surface area contributed by atoms with Crippen LogP contribution in [0.25, 0.3) is 0 Å². The Morgan fingerprint density at radius 3 is 2.20 bits per heavy atom. The summed E-state index contributed by atoms with van der Waals surface area (Å²) >= 11 is 12.1. The first-order valence-electron chi connectivity index (χ1n) is 16.1. The third kappa shape index (κ3) is 10.6. The Labute approximate surface area is 276 Å². The van der Waals surface area contributed by atoms with Gasteiger partial charge in [0.1, 0.15) is 12.4 Å². The summed E-state index contributed by atoms with van der Waals surface area (Å²) in [6, 6.07) is 22.7. The van der Waals surface area contributed by atoms with Crippen LogP contribution in [0.1, 0.15) is 68.1 Å². The SMILES string of the molecule is O=C(CC1CCN(C(=O)CCc2ccc(Cl)c(Cl)c2)CC1)N[C@@H](Cc1ccc(OCc2ccccc2)cc1)C(=O)CCC1CC1. The molecule has 5 rings (SSSR count). The van der Waals surface area contributed by atoms with Crippen molar-refractivity contribution in [3.8, 4) is 5.75 Å². The highest BCUT2D eigenvalue weighted by atomic mass is 35.5. The molecule has 6 nitrogen and oxygen atoms in total. The van der Waals surface area contributed by atoms with E-state index in [4.69, 9.17) is 27.9 Å². The van der Waals surface area contributed by atoms with Gasteiger partial charge in [-0.25, -0.2) is 0 Å². The van der Waals surface area contributed by atoms with Crippen LogP contribution >= 0.6 is 23.2 Å². The van der Waals surface area contributed by atoms with Gasteiger partial charge in [0.15, 0.2) is 5.78 Å². The van der Waals surface area contributed by atoms with Crippen LogP contribution in [-0.2, 0) is 33.8 Å². The first kappa shape index (κ1) is 33.0. The Hall–Kier alpha value is -3.35. The zero-order valence-electron chi connectivity index (χ0n) is 25.7. The summed E-state index contributed by atoms with van der Waals surface area (Å²) in [7, 11) is 0. The predicted octanol–water partition coefficient (Wildman–Crippen LogP) is 7.62. The average molecular weight is 650 g/mol. The van der Waals surface area contributed by atoms with Gasteiger partial charge in [0.2, 0.25) is 11.8 Å². The van der Waals surface area contributed by atoms with Crippen LogP contribution in [0.3, 0.4) is 0 Å². The van der Waals surface area contributed by atoms with Crippen molar-refractivity contribution in [3.05, 3.63) is 99.5 Å². The van der Waals surface area contributed by atoms with E-state index >= 15 is 0 Å². The Kier molecular flexibility index (Phi) is 11.9. The Morgan fingerprint density at radius 1 is 0.800 bits per heavy atom. The molecule has 0 aromatic heterocycles. The number of nitrogens with one attached hydrogen (secondary N) is 1. The minimum absolute atomic E-state index is 0.0908. The van der Waals surface area contributed by atoms with Crippen molar-refractivity contribution in [2.24, 2.45) is 11.8 Å². The van der Waals surface area contributed by atoms with Crippen LogP contribution in [0.4, 0.5) is 0 Å². The van der Waals surface area contributed by atoms with E-state index < -0.39 is 6.04 Å². The number of carbonyl (C=O) groups excluding carboxylic acids is 3. The van der Waals surface area contributed by atoms with Crippen molar-refractivity contribution in [1.82, 2.24) is 10.2 Å². The van der Waals surface area contributed by atoms with Crippen LogP contribution in [0.15, 0.2) is 72.8 Å². The monoisotopic (exact) mass is 648 g/mol. The first-order valence-corrected chi connectivity index (χ1v) is 16.9. The quantitative estimate of drug-likeness (QED) is 0.184. The second-order valence-electron chi connectivity index (χ2n) is 12.5. The lowest BCUT2D eigenvalue weighted by Crippen LogP contribution is -2.44. The number of hydrogen-bond donors (Lipinski definition) is 1. The third-order valence-electron chi connectivity index (χ3n) is 8.88. The van der Waals surface area contributed by atoms with Gasteiger partial charge in [0.05, 0.1) is 16.1 Å². The highest BCUT2D eigenvalue weighted by Crippen LogP contribution is 2.33. The van der Waals surface area contributed by atoms with Gasteiger partial charge in [-0.15, -0.1) is 0 Å². The molecule has 2 amide bonds. The van der Waals surface area contributed by atoms with Gasteiger partial charge < -0.3 is 15.0 Å². The number of carbonyl (C=O) groups is 3. The standard InChI is InChI=1S/C37H42Cl2N2O4/c38-32-15-10-27(22-33(32)39)12-17-37(44)41-20-18-29(19-21-41)24-36(43)40-34(35(42)16-11-26-6-7-26)23-28-8-13-31(14-9-28)45-25-30-4-2-1-3-5-30/h1-5,8-10,13-15,22,26,29,34H,6-7,11-12,16-21,23-25H2,(H,40,43)/t34-/m0/s1. The first-order chi connectivity index (χ1) is 21.8. The smallest absolute Gasteiger partial charge is 0.222 e. The zero-order valence-corrected chi connectivity index (χ0v) is 27.2. The maximum atomic E-state index is 13.3. The number of ether oxygens (including phenoxy) is 1. The molecule has 1 saturated carbocycles. The fourth-order valence-corrected chi connectivity index (χ4v) is 6.20. The highest BCUT2D eigenvalue weighted by molar-refractivity contribution is 6.42. The normalized spacial score (nSPS) is 15.8. The Bertz CT molecular complexity index is 1430. The molecule has 3 aromatic rings. The van der Waals surface area contributed by atoms with Crippen molar-refractivity contribution >= 4 is 40.8 Å². The van der Waals surface area contributed by atoms with Crippen LogP contribution in [-0.4, -0.2) is 41.6 Å². The maximum absolute atomic E-state index is 13.3. The minimum Gasteiger partial charge on any atom is -0.489 e. The van der Waals surface area contributed by atoms with E-state index in [0.717, 1.165) is 41.7 Å². The van der Waals surface area contributed by atoms with Crippen LogP contribution in [0.5, 0.6) is 5.75 Å². The summed E-state index contributed by atoms with van der Waals surface area (Å²) in [5, 5.41) is 4.08. The van der Waals surface area contributed by atoms with E-state index in [0.29, 0.717) is 67.8 Å². The molecule has 238 valence electrons. The van der Waals surface area contributed by atoms with Gasteiger partial charge in [0.25, 0.3) is 0 Å². The molecule has 3 aromatic carbocycles. The molecule has 1 heterocycles. The van der Waals surface area contributed by atoms with Gasteiger partial charge in [-0.2, -0.15) is 0 Å². The summed E-state index contributed by atoms with van der Waals surface area (Å²) in [5.41, 5.74) is 3.07. The predicted molar refractivity (Wildman–Crippen MR) is 179 cm³/mol. The van der Waals surface area contributed by atoms with E-state index in [1.54, 1.807) is 6.07 Å². The van der Waals surface area contributed by atoms with E-state index in [1.165, 1.54) is 12.8 Å². The largest absolute Gasteiger partial charge is 0.489 e. The molecule has 0 unspecified atom stereocenters. The number of nitrogens with zero attached hydrogens (tertiary/aromatic N) is 1. The third-order valence-corrected chi connectivity index (χ3v) is 9.62. The number of benzene rings is 3. The lowest BCUT2D eigenvalue weighted by Gasteiger charge is -2.32. The van der Waals surface area contributed by atoms with E-state index in [-0.39, 0.29) is 23.5 Å². The minimum atomic E-state index is -0.546. The van der Waals surface area contributed by atoms with Gasteiger partial charge in [-0.3, -0.25) is 14.4 Å². The summed E-state index contributed by atoms with van der Waals surface area (Å²) in [4.78, 5) is 41.2.